The number of rotatable bonds is 4. The summed E-state index contributed by atoms with van der Waals surface area (Å²) in [5, 5.41) is 6.66. The van der Waals surface area contributed by atoms with E-state index in [1.807, 2.05) is 7.05 Å². The number of nitrogens with one attached hydrogen (secondary N) is 2. The fraction of sp³-hybridized carbons (Fsp3) is 0.909. The van der Waals surface area contributed by atoms with E-state index in [-0.39, 0.29) is 24.0 Å². The number of hydrogen-bond donors (Lipinski definition) is 2. The Balaban J connectivity index is 0.00000225. The van der Waals surface area contributed by atoms with Crippen LogP contribution in [0.4, 0.5) is 0 Å². The second-order valence-electron chi connectivity index (χ2n) is 4.30. The van der Waals surface area contributed by atoms with E-state index in [9.17, 15) is 0 Å². The maximum Gasteiger partial charge on any atom is 0.190 e. The molecule has 1 atom stereocenters. The average Bonchev–Trinajstić information content (AvgIpc) is 2.65. The van der Waals surface area contributed by atoms with Gasteiger partial charge in [0.15, 0.2) is 5.96 Å². The maximum absolute atomic E-state index is 4.19. The van der Waals surface area contributed by atoms with Crippen LogP contribution in [0, 0.1) is 5.92 Å². The first-order valence-electron chi connectivity index (χ1n) is 5.89. The van der Waals surface area contributed by atoms with Crippen LogP contribution in [0.25, 0.3) is 0 Å². The summed E-state index contributed by atoms with van der Waals surface area (Å²) in [5.41, 5.74) is 0. The molecule has 0 radical (unpaired) electrons. The van der Waals surface area contributed by atoms with Crippen molar-refractivity contribution in [2.75, 3.05) is 40.3 Å². The smallest absolute Gasteiger partial charge is 0.190 e. The molecule has 16 heavy (non-hydrogen) atoms. The average molecular weight is 340 g/mol. The van der Waals surface area contributed by atoms with Crippen LogP contribution in [-0.4, -0.2) is 51.1 Å². The van der Waals surface area contributed by atoms with E-state index >= 15 is 0 Å². The molecule has 2 N–H and O–H groups in total. The van der Waals surface area contributed by atoms with E-state index in [2.05, 4.69) is 34.5 Å². The molecule has 0 aromatic heterocycles. The zero-order valence-electron chi connectivity index (χ0n) is 10.6. The summed E-state index contributed by atoms with van der Waals surface area (Å²) in [7, 11) is 4.01. The summed E-state index contributed by atoms with van der Waals surface area (Å²) < 4.78 is 0. The van der Waals surface area contributed by atoms with Gasteiger partial charge in [-0.15, -0.1) is 24.0 Å². The Morgan fingerprint density at radius 2 is 2.19 bits per heavy atom. The van der Waals surface area contributed by atoms with Crippen molar-refractivity contribution in [3.8, 4) is 0 Å². The topological polar surface area (TPSA) is 39.7 Å². The molecule has 1 heterocycles. The highest BCUT2D eigenvalue weighted by Crippen LogP contribution is 2.12. The summed E-state index contributed by atoms with van der Waals surface area (Å²) >= 11 is 0. The van der Waals surface area contributed by atoms with Crippen molar-refractivity contribution in [1.82, 2.24) is 15.5 Å². The van der Waals surface area contributed by atoms with Gasteiger partial charge < -0.3 is 15.5 Å². The molecule has 1 aliphatic heterocycles. The molecule has 5 heteroatoms. The van der Waals surface area contributed by atoms with Crippen LogP contribution < -0.4 is 10.6 Å². The van der Waals surface area contributed by atoms with E-state index in [4.69, 9.17) is 0 Å². The second kappa shape index (κ2) is 9.04. The number of guanidine groups is 1. The summed E-state index contributed by atoms with van der Waals surface area (Å²) in [5.74, 6) is 1.71. The van der Waals surface area contributed by atoms with Gasteiger partial charge in [0.25, 0.3) is 0 Å². The highest BCUT2D eigenvalue weighted by molar-refractivity contribution is 14.0. The van der Waals surface area contributed by atoms with Gasteiger partial charge in [0.05, 0.1) is 0 Å². The number of aliphatic imine (C=N–C) groups is 1. The third kappa shape index (κ3) is 5.89. The zero-order valence-corrected chi connectivity index (χ0v) is 13.0. The first kappa shape index (κ1) is 16.0. The molecule has 1 saturated heterocycles. The summed E-state index contributed by atoms with van der Waals surface area (Å²) in [6.45, 7) is 6.62. The van der Waals surface area contributed by atoms with Gasteiger partial charge >= 0.3 is 0 Å². The van der Waals surface area contributed by atoms with Crippen molar-refractivity contribution in [1.29, 1.82) is 0 Å². The largest absolute Gasteiger partial charge is 0.356 e. The minimum atomic E-state index is 0. The quantitative estimate of drug-likeness (QED) is 0.458. The third-order valence-electron chi connectivity index (χ3n) is 2.81. The van der Waals surface area contributed by atoms with Gasteiger partial charge in [-0.2, -0.15) is 0 Å². The molecule has 0 aromatic carbocycles. The van der Waals surface area contributed by atoms with Crippen LogP contribution in [0.15, 0.2) is 4.99 Å². The van der Waals surface area contributed by atoms with Crippen LogP contribution in [0.1, 0.15) is 19.8 Å². The van der Waals surface area contributed by atoms with Gasteiger partial charge in [0, 0.05) is 26.7 Å². The Morgan fingerprint density at radius 1 is 1.44 bits per heavy atom. The van der Waals surface area contributed by atoms with Crippen molar-refractivity contribution in [3.05, 3.63) is 0 Å². The van der Waals surface area contributed by atoms with Crippen molar-refractivity contribution < 1.29 is 0 Å². The highest BCUT2D eigenvalue weighted by Gasteiger charge is 2.19. The molecule has 0 aromatic rings. The fourth-order valence-electron chi connectivity index (χ4n) is 1.90. The minimum absolute atomic E-state index is 0. The fourth-order valence-corrected chi connectivity index (χ4v) is 1.90. The van der Waals surface area contributed by atoms with Gasteiger partial charge in [-0.05, 0) is 32.4 Å². The SMILES string of the molecule is CCCNC(=NC)NCC1CCN(C)C1.I. The molecule has 1 fully saturated rings. The highest BCUT2D eigenvalue weighted by atomic mass is 127. The predicted octanol–water partition coefficient (Wildman–Crippen LogP) is 1.13. The molecule has 0 saturated carbocycles. The van der Waals surface area contributed by atoms with Crippen LogP contribution in [0.3, 0.4) is 0 Å². The third-order valence-corrected chi connectivity index (χ3v) is 2.81. The monoisotopic (exact) mass is 340 g/mol. The van der Waals surface area contributed by atoms with Crippen LogP contribution in [0.5, 0.6) is 0 Å². The molecular weight excluding hydrogens is 315 g/mol. The number of hydrogen-bond acceptors (Lipinski definition) is 2. The van der Waals surface area contributed by atoms with Crippen LogP contribution >= 0.6 is 24.0 Å². The van der Waals surface area contributed by atoms with Crippen molar-refractivity contribution >= 4 is 29.9 Å². The molecule has 1 unspecified atom stereocenters. The first-order valence-corrected chi connectivity index (χ1v) is 5.89. The lowest BCUT2D eigenvalue weighted by molar-refractivity contribution is 0.394. The van der Waals surface area contributed by atoms with Gasteiger partial charge in [-0.1, -0.05) is 6.92 Å². The molecule has 0 amide bonds. The van der Waals surface area contributed by atoms with E-state index in [1.54, 1.807) is 0 Å². The van der Waals surface area contributed by atoms with E-state index in [0.29, 0.717) is 0 Å². The predicted molar refractivity (Wildman–Crippen MR) is 80.7 cm³/mol. The van der Waals surface area contributed by atoms with Crippen molar-refractivity contribution in [3.63, 3.8) is 0 Å². The molecule has 0 aliphatic carbocycles. The lowest BCUT2D eigenvalue weighted by Crippen LogP contribution is -2.40. The van der Waals surface area contributed by atoms with E-state index < -0.39 is 0 Å². The Morgan fingerprint density at radius 3 is 2.69 bits per heavy atom. The summed E-state index contributed by atoms with van der Waals surface area (Å²) in [6, 6.07) is 0. The molecule has 1 rings (SSSR count). The van der Waals surface area contributed by atoms with Gasteiger partial charge in [0.2, 0.25) is 0 Å². The molecule has 96 valence electrons. The molecule has 0 bridgehead atoms. The van der Waals surface area contributed by atoms with Crippen LogP contribution in [0.2, 0.25) is 0 Å². The van der Waals surface area contributed by atoms with Gasteiger partial charge in [0.1, 0.15) is 0 Å². The maximum atomic E-state index is 4.19. The number of likely N-dealkylation sites (tertiary alicyclic amines) is 1. The Hall–Kier alpha value is -0.0400. The Bertz CT molecular complexity index is 208. The normalized spacial score (nSPS) is 21.7. The van der Waals surface area contributed by atoms with Gasteiger partial charge in [-0.25, -0.2) is 0 Å². The molecule has 0 spiro atoms. The lowest BCUT2D eigenvalue weighted by atomic mass is 10.1. The summed E-state index contributed by atoms with van der Waals surface area (Å²) in [4.78, 5) is 6.57. The van der Waals surface area contributed by atoms with Crippen LogP contribution in [-0.2, 0) is 0 Å². The van der Waals surface area contributed by atoms with Crippen molar-refractivity contribution in [2.45, 2.75) is 19.8 Å². The standard InChI is InChI=1S/C11H24N4.HI/c1-4-6-13-11(12-2)14-8-10-5-7-15(3)9-10;/h10H,4-9H2,1-3H3,(H2,12,13,14);1H. The zero-order chi connectivity index (χ0) is 11.1. The second-order valence-corrected chi connectivity index (χ2v) is 4.30. The Labute approximate surface area is 116 Å². The molecule has 1 aliphatic rings. The minimum Gasteiger partial charge on any atom is -0.356 e. The van der Waals surface area contributed by atoms with E-state index in [1.165, 1.54) is 19.5 Å². The summed E-state index contributed by atoms with van der Waals surface area (Å²) in [6.07, 6.45) is 2.43. The van der Waals surface area contributed by atoms with E-state index in [0.717, 1.165) is 31.4 Å². The Kier molecular flexibility index (Phi) is 9.02. The molecule has 4 nitrogen and oxygen atoms in total. The lowest BCUT2D eigenvalue weighted by Gasteiger charge is -2.15. The first-order chi connectivity index (χ1) is 7.26. The molecular formula is C11H25IN4. The van der Waals surface area contributed by atoms with Crippen molar-refractivity contribution in [2.24, 2.45) is 10.9 Å². The number of nitrogens with zero attached hydrogens (tertiary/aromatic N) is 2. The van der Waals surface area contributed by atoms with Gasteiger partial charge in [-0.3, -0.25) is 4.99 Å². The number of halogens is 1.